The summed E-state index contributed by atoms with van der Waals surface area (Å²) >= 11 is 0. The lowest BCUT2D eigenvalue weighted by Crippen LogP contribution is -2.32. The van der Waals surface area contributed by atoms with Crippen molar-refractivity contribution in [3.8, 4) is 0 Å². The third-order valence-electron chi connectivity index (χ3n) is 4.35. The molecule has 0 saturated carbocycles. The number of benzene rings is 1. The van der Waals surface area contributed by atoms with Crippen LogP contribution in [0.1, 0.15) is 21.6 Å². The summed E-state index contributed by atoms with van der Waals surface area (Å²) in [7, 11) is 0. The Labute approximate surface area is 148 Å². The van der Waals surface area contributed by atoms with Crippen molar-refractivity contribution in [3.63, 3.8) is 0 Å². The number of carboxylic acids is 1. The summed E-state index contributed by atoms with van der Waals surface area (Å²) in [6.07, 6.45) is 6.70. The lowest BCUT2D eigenvalue weighted by Gasteiger charge is -2.16. The maximum atomic E-state index is 11.9. The minimum absolute atomic E-state index is 0.220. The van der Waals surface area contributed by atoms with E-state index in [2.05, 4.69) is 25.8 Å². The van der Waals surface area contributed by atoms with Gasteiger partial charge in [0.05, 0.1) is 17.0 Å². The number of hydrogen-bond acceptors (Lipinski definition) is 5. The van der Waals surface area contributed by atoms with E-state index in [9.17, 15) is 9.59 Å². The van der Waals surface area contributed by atoms with Crippen LogP contribution in [0.3, 0.4) is 0 Å². The van der Waals surface area contributed by atoms with Gasteiger partial charge in [-0.1, -0.05) is 6.07 Å². The highest BCUT2D eigenvalue weighted by Gasteiger charge is 2.29. The average Bonchev–Trinajstić information content (AvgIpc) is 3.18. The summed E-state index contributed by atoms with van der Waals surface area (Å²) in [4.78, 5) is 30.7. The van der Waals surface area contributed by atoms with Crippen LogP contribution in [-0.2, 0) is 4.79 Å². The number of carboxylic acid groups (broad SMARTS) is 1. The van der Waals surface area contributed by atoms with Crippen molar-refractivity contribution in [2.45, 2.75) is 6.92 Å². The normalized spacial score (nSPS) is 20.3. The zero-order chi connectivity index (χ0) is 18.3. The van der Waals surface area contributed by atoms with Gasteiger partial charge in [0.25, 0.3) is 5.91 Å². The van der Waals surface area contributed by atoms with Crippen molar-refractivity contribution in [2.75, 3.05) is 0 Å². The largest absolute Gasteiger partial charge is 0.478 e. The van der Waals surface area contributed by atoms with Crippen LogP contribution in [0.4, 0.5) is 0 Å². The van der Waals surface area contributed by atoms with Gasteiger partial charge < -0.3 is 15.4 Å². The van der Waals surface area contributed by atoms with Crippen LogP contribution in [0.25, 0.3) is 17.0 Å². The highest BCUT2D eigenvalue weighted by Crippen LogP contribution is 2.26. The molecule has 3 heterocycles. The molecular weight excluding hydrogens is 334 g/mol. The molecule has 0 aliphatic carbocycles. The second-order valence-corrected chi connectivity index (χ2v) is 5.99. The van der Waals surface area contributed by atoms with Crippen LogP contribution in [-0.4, -0.2) is 33.9 Å². The van der Waals surface area contributed by atoms with E-state index in [-0.39, 0.29) is 11.5 Å². The molecule has 0 spiro atoms. The summed E-state index contributed by atoms with van der Waals surface area (Å²) in [5.74, 6) is -1.75. The molecule has 130 valence electrons. The Morgan fingerprint density at radius 3 is 2.92 bits per heavy atom. The fourth-order valence-corrected chi connectivity index (χ4v) is 3.08. The van der Waals surface area contributed by atoms with Crippen LogP contribution < -0.4 is 10.7 Å². The van der Waals surface area contributed by atoms with Crippen LogP contribution in [0.5, 0.6) is 0 Å². The monoisotopic (exact) mass is 349 g/mol. The molecule has 1 atom stereocenters. The molecule has 0 saturated heterocycles. The molecule has 0 fully saturated rings. The number of carbonyl (C=O) groups is 2. The van der Waals surface area contributed by atoms with Gasteiger partial charge in [-0.25, -0.2) is 10.2 Å². The summed E-state index contributed by atoms with van der Waals surface area (Å²) in [5.41, 5.74) is 6.41. The standard InChI is InChI=1S/C18H15N5O3/c1-9-12(11-3-2-10(18(25)26)6-14(11)22-9)7-15-16(20-5-4-19-15)13-8-21-23-17(13)24/h2-8,13,19,22H,1H3,(H,23,24)(H,25,26). The predicted molar refractivity (Wildman–Crippen MR) is 97.8 cm³/mol. The van der Waals surface area contributed by atoms with E-state index in [0.717, 1.165) is 22.2 Å². The van der Waals surface area contributed by atoms with Gasteiger partial charge in [0, 0.05) is 40.8 Å². The van der Waals surface area contributed by atoms with E-state index < -0.39 is 11.9 Å². The molecule has 26 heavy (non-hydrogen) atoms. The quantitative estimate of drug-likeness (QED) is 0.675. The Balaban J connectivity index is 1.80. The number of aromatic amines is 1. The Bertz CT molecular complexity index is 1060. The third kappa shape index (κ3) is 2.57. The number of aryl methyl sites for hydroxylation is 1. The maximum absolute atomic E-state index is 11.9. The second-order valence-electron chi connectivity index (χ2n) is 5.99. The van der Waals surface area contributed by atoms with Gasteiger partial charge in [-0.2, -0.15) is 5.10 Å². The van der Waals surface area contributed by atoms with Gasteiger partial charge in [0.1, 0.15) is 5.92 Å². The van der Waals surface area contributed by atoms with Crippen molar-refractivity contribution in [1.82, 2.24) is 15.7 Å². The fourth-order valence-electron chi connectivity index (χ4n) is 3.08. The number of carbonyl (C=O) groups excluding carboxylic acids is 1. The van der Waals surface area contributed by atoms with Crippen molar-refractivity contribution < 1.29 is 14.7 Å². The summed E-state index contributed by atoms with van der Waals surface area (Å²) in [6, 6.07) is 4.95. The summed E-state index contributed by atoms with van der Waals surface area (Å²) < 4.78 is 0. The molecule has 1 aromatic carbocycles. The molecule has 0 radical (unpaired) electrons. The molecule has 8 heteroatoms. The summed E-state index contributed by atoms with van der Waals surface area (Å²) in [6.45, 7) is 1.91. The maximum Gasteiger partial charge on any atom is 0.335 e. The number of hydrogen-bond donors (Lipinski definition) is 4. The molecule has 2 aliphatic heterocycles. The molecular formula is C18H15N5O3. The van der Waals surface area contributed by atoms with Crippen LogP contribution in [0, 0.1) is 12.8 Å². The van der Waals surface area contributed by atoms with E-state index in [4.69, 9.17) is 5.11 Å². The molecule has 8 nitrogen and oxygen atoms in total. The number of aromatic nitrogens is 1. The summed E-state index contributed by atoms with van der Waals surface area (Å²) in [5, 5.41) is 17.0. The SMILES string of the molecule is Cc1[nH]c2cc(C(=O)O)ccc2c1C=C1NC=CN=C1C1C=NNC1=O. The first-order valence-corrected chi connectivity index (χ1v) is 7.94. The first-order chi connectivity index (χ1) is 12.5. The van der Waals surface area contributed by atoms with Gasteiger partial charge >= 0.3 is 5.97 Å². The highest BCUT2D eigenvalue weighted by atomic mass is 16.4. The third-order valence-corrected chi connectivity index (χ3v) is 4.35. The van der Waals surface area contributed by atoms with Crippen molar-refractivity contribution in [3.05, 3.63) is 53.1 Å². The van der Waals surface area contributed by atoms with Gasteiger partial charge in [-0.3, -0.25) is 9.79 Å². The molecule has 1 amide bonds. The van der Waals surface area contributed by atoms with E-state index in [1.807, 2.05) is 13.0 Å². The topological polar surface area (TPSA) is 119 Å². The Morgan fingerprint density at radius 2 is 2.19 bits per heavy atom. The molecule has 1 aromatic heterocycles. The fraction of sp³-hybridized carbons (Fsp3) is 0.111. The number of aromatic carboxylic acids is 1. The Kier molecular flexibility index (Phi) is 3.65. The van der Waals surface area contributed by atoms with E-state index in [0.29, 0.717) is 11.4 Å². The first-order valence-electron chi connectivity index (χ1n) is 7.94. The number of amides is 1. The Morgan fingerprint density at radius 1 is 1.35 bits per heavy atom. The highest BCUT2D eigenvalue weighted by molar-refractivity contribution is 6.25. The zero-order valence-electron chi connectivity index (χ0n) is 13.8. The number of allylic oxidation sites excluding steroid dienone is 1. The molecule has 4 rings (SSSR count). The number of nitrogens with zero attached hydrogens (tertiary/aromatic N) is 2. The molecule has 4 N–H and O–H groups in total. The Hall–Kier alpha value is -3.68. The van der Waals surface area contributed by atoms with Crippen LogP contribution in [0.15, 0.2) is 46.4 Å². The minimum Gasteiger partial charge on any atom is -0.478 e. The lowest BCUT2D eigenvalue weighted by molar-refractivity contribution is -0.120. The lowest BCUT2D eigenvalue weighted by atomic mass is 9.98. The van der Waals surface area contributed by atoms with Gasteiger partial charge in [-0.05, 0) is 25.1 Å². The molecule has 2 aromatic rings. The number of hydrazone groups is 1. The predicted octanol–water partition coefficient (Wildman–Crippen LogP) is 1.76. The number of rotatable bonds is 3. The van der Waals surface area contributed by atoms with E-state index >= 15 is 0 Å². The van der Waals surface area contributed by atoms with Gasteiger partial charge in [-0.15, -0.1) is 0 Å². The van der Waals surface area contributed by atoms with Crippen molar-refractivity contribution >= 4 is 40.8 Å². The number of aliphatic imine (C=N–C) groups is 1. The second kappa shape index (κ2) is 5.99. The number of fused-ring (bicyclic) bond motifs is 1. The van der Waals surface area contributed by atoms with E-state index in [1.165, 1.54) is 6.21 Å². The molecule has 0 bridgehead atoms. The van der Waals surface area contributed by atoms with Crippen LogP contribution >= 0.6 is 0 Å². The van der Waals surface area contributed by atoms with Crippen LogP contribution in [0.2, 0.25) is 0 Å². The van der Waals surface area contributed by atoms with Crippen molar-refractivity contribution in [2.24, 2.45) is 16.0 Å². The minimum atomic E-state index is -0.973. The first kappa shape index (κ1) is 15.8. The van der Waals surface area contributed by atoms with Gasteiger partial charge in [0.2, 0.25) is 0 Å². The van der Waals surface area contributed by atoms with Gasteiger partial charge in [0.15, 0.2) is 0 Å². The van der Waals surface area contributed by atoms with Crippen molar-refractivity contribution in [1.29, 1.82) is 0 Å². The molecule has 2 aliphatic rings. The number of H-pyrrole nitrogens is 1. The smallest absolute Gasteiger partial charge is 0.335 e. The van der Waals surface area contributed by atoms with E-state index in [1.54, 1.807) is 30.6 Å². The molecule has 1 unspecified atom stereocenters. The average molecular weight is 349 g/mol. The zero-order valence-corrected chi connectivity index (χ0v) is 13.8. The number of nitrogens with one attached hydrogen (secondary N) is 3.